The SMILES string of the molecule is COc1ccc(NC(=O)c2cc3c(Br)cccc3o2)cc1OC. The third-order valence-corrected chi connectivity index (χ3v) is 4.06. The first-order valence-corrected chi connectivity index (χ1v) is 7.63. The van der Waals surface area contributed by atoms with Crippen molar-refractivity contribution in [3.63, 3.8) is 0 Å². The van der Waals surface area contributed by atoms with Crippen molar-refractivity contribution in [2.75, 3.05) is 19.5 Å². The van der Waals surface area contributed by atoms with Gasteiger partial charge in [0.25, 0.3) is 5.91 Å². The number of anilines is 1. The Labute approximate surface area is 141 Å². The lowest BCUT2D eigenvalue weighted by molar-refractivity contribution is 0.0998. The highest BCUT2D eigenvalue weighted by Crippen LogP contribution is 2.31. The molecule has 1 N–H and O–H groups in total. The van der Waals surface area contributed by atoms with E-state index in [2.05, 4.69) is 21.2 Å². The van der Waals surface area contributed by atoms with Gasteiger partial charge in [-0.05, 0) is 30.3 Å². The fourth-order valence-corrected chi connectivity index (χ4v) is 2.71. The number of nitrogens with one attached hydrogen (secondary N) is 1. The van der Waals surface area contributed by atoms with Crippen LogP contribution in [0.25, 0.3) is 11.0 Å². The number of rotatable bonds is 4. The quantitative estimate of drug-likeness (QED) is 0.730. The largest absolute Gasteiger partial charge is 0.493 e. The maximum absolute atomic E-state index is 12.4. The lowest BCUT2D eigenvalue weighted by Crippen LogP contribution is -2.10. The Kier molecular flexibility index (Phi) is 4.25. The van der Waals surface area contributed by atoms with Crippen molar-refractivity contribution in [1.82, 2.24) is 0 Å². The van der Waals surface area contributed by atoms with Gasteiger partial charge in [0.2, 0.25) is 0 Å². The van der Waals surface area contributed by atoms with Crippen molar-refractivity contribution in [3.8, 4) is 11.5 Å². The van der Waals surface area contributed by atoms with Crippen molar-refractivity contribution in [2.24, 2.45) is 0 Å². The number of halogens is 1. The molecule has 6 heteroatoms. The van der Waals surface area contributed by atoms with E-state index in [1.54, 1.807) is 38.5 Å². The molecule has 1 heterocycles. The van der Waals surface area contributed by atoms with Gasteiger partial charge in [0.05, 0.1) is 14.2 Å². The molecular formula is C17H14BrNO4. The van der Waals surface area contributed by atoms with E-state index in [4.69, 9.17) is 13.9 Å². The van der Waals surface area contributed by atoms with Gasteiger partial charge in [-0.2, -0.15) is 0 Å². The number of hydrogen-bond donors (Lipinski definition) is 1. The van der Waals surface area contributed by atoms with Crippen molar-refractivity contribution in [3.05, 3.63) is 52.7 Å². The van der Waals surface area contributed by atoms with Crippen LogP contribution in [-0.4, -0.2) is 20.1 Å². The molecule has 0 spiro atoms. The predicted octanol–water partition coefficient (Wildman–Crippen LogP) is 4.46. The van der Waals surface area contributed by atoms with E-state index < -0.39 is 0 Å². The highest BCUT2D eigenvalue weighted by atomic mass is 79.9. The Morgan fingerprint density at radius 1 is 1.09 bits per heavy atom. The first-order valence-electron chi connectivity index (χ1n) is 6.84. The van der Waals surface area contributed by atoms with Crippen LogP contribution in [0.1, 0.15) is 10.6 Å². The number of furan rings is 1. The molecule has 0 radical (unpaired) electrons. The molecule has 1 amide bonds. The third-order valence-electron chi connectivity index (χ3n) is 3.37. The Hall–Kier alpha value is -2.47. The number of methoxy groups -OCH3 is 2. The molecule has 0 saturated carbocycles. The summed E-state index contributed by atoms with van der Waals surface area (Å²) in [6.07, 6.45) is 0. The molecule has 5 nitrogen and oxygen atoms in total. The Morgan fingerprint density at radius 2 is 1.87 bits per heavy atom. The van der Waals surface area contributed by atoms with Crippen LogP contribution in [0.15, 0.2) is 51.4 Å². The van der Waals surface area contributed by atoms with Crippen molar-refractivity contribution >= 4 is 38.5 Å². The summed E-state index contributed by atoms with van der Waals surface area (Å²) in [5, 5.41) is 3.63. The molecule has 2 aromatic carbocycles. The van der Waals surface area contributed by atoms with E-state index in [0.29, 0.717) is 22.8 Å². The van der Waals surface area contributed by atoms with Gasteiger partial charge in [-0.15, -0.1) is 0 Å². The van der Waals surface area contributed by atoms with Gasteiger partial charge in [0.15, 0.2) is 17.3 Å². The van der Waals surface area contributed by atoms with Gasteiger partial charge in [-0.3, -0.25) is 4.79 Å². The average Bonchev–Trinajstić information content (AvgIpc) is 3.00. The zero-order valence-electron chi connectivity index (χ0n) is 12.6. The van der Waals surface area contributed by atoms with Gasteiger partial charge in [-0.1, -0.05) is 22.0 Å². The summed E-state index contributed by atoms with van der Waals surface area (Å²) in [5.74, 6) is 1.04. The summed E-state index contributed by atoms with van der Waals surface area (Å²) in [6, 6.07) is 12.4. The van der Waals surface area contributed by atoms with Crippen LogP contribution in [0.2, 0.25) is 0 Å². The summed E-state index contributed by atoms with van der Waals surface area (Å²) in [7, 11) is 3.10. The topological polar surface area (TPSA) is 60.7 Å². The molecule has 0 aliphatic heterocycles. The molecule has 3 aromatic rings. The van der Waals surface area contributed by atoms with Crippen molar-refractivity contribution < 1.29 is 18.7 Å². The number of benzene rings is 2. The molecule has 3 rings (SSSR count). The smallest absolute Gasteiger partial charge is 0.291 e. The van der Waals surface area contributed by atoms with E-state index in [9.17, 15) is 4.79 Å². The Morgan fingerprint density at radius 3 is 2.57 bits per heavy atom. The van der Waals surface area contributed by atoms with Crippen molar-refractivity contribution in [1.29, 1.82) is 0 Å². The molecule has 0 aliphatic carbocycles. The Bertz CT molecular complexity index is 872. The third kappa shape index (κ3) is 3.03. The lowest BCUT2D eigenvalue weighted by atomic mass is 10.2. The standard InChI is InChI=1S/C17H14BrNO4/c1-21-14-7-6-10(8-15(14)22-2)19-17(20)16-9-11-12(18)4-3-5-13(11)23-16/h3-9H,1-2H3,(H,19,20). The van der Waals surface area contributed by atoms with E-state index >= 15 is 0 Å². The second-order valence-corrected chi connectivity index (χ2v) is 5.64. The molecule has 118 valence electrons. The van der Waals surface area contributed by atoms with E-state index in [1.165, 1.54) is 0 Å². The molecule has 0 aliphatic rings. The van der Waals surface area contributed by atoms with Crippen molar-refractivity contribution in [2.45, 2.75) is 0 Å². The lowest BCUT2D eigenvalue weighted by Gasteiger charge is -2.09. The highest BCUT2D eigenvalue weighted by molar-refractivity contribution is 9.10. The Balaban J connectivity index is 1.87. The molecule has 23 heavy (non-hydrogen) atoms. The number of amides is 1. The summed E-state index contributed by atoms with van der Waals surface area (Å²) in [5.41, 5.74) is 1.24. The van der Waals surface area contributed by atoms with Crippen LogP contribution in [0.4, 0.5) is 5.69 Å². The second-order valence-electron chi connectivity index (χ2n) is 4.79. The molecule has 0 unspecified atom stereocenters. The first kappa shape index (κ1) is 15.4. The first-order chi connectivity index (χ1) is 11.1. The van der Waals surface area contributed by atoms with E-state index in [1.807, 2.05) is 18.2 Å². The maximum atomic E-state index is 12.4. The van der Waals surface area contributed by atoms with Crippen LogP contribution in [0, 0.1) is 0 Å². The number of carbonyl (C=O) groups excluding carboxylic acids is 1. The van der Waals surface area contributed by atoms with Gasteiger partial charge in [0, 0.05) is 21.6 Å². The molecule has 1 aromatic heterocycles. The minimum absolute atomic E-state index is 0.238. The van der Waals surface area contributed by atoms with Gasteiger partial charge < -0.3 is 19.2 Å². The zero-order chi connectivity index (χ0) is 16.4. The summed E-state index contributed by atoms with van der Waals surface area (Å²) in [6.45, 7) is 0. The normalized spacial score (nSPS) is 10.6. The van der Waals surface area contributed by atoms with Crippen LogP contribution in [-0.2, 0) is 0 Å². The number of carbonyl (C=O) groups is 1. The fourth-order valence-electron chi connectivity index (χ4n) is 2.24. The molecule has 0 fully saturated rings. The highest BCUT2D eigenvalue weighted by Gasteiger charge is 2.15. The number of hydrogen-bond acceptors (Lipinski definition) is 4. The molecule has 0 bridgehead atoms. The monoisotopic (exact) mass is 375 g/mol. The predicted molar refractivity (Wildman–Crippen MR) is 91.4 cm³/mol. The van der Waals surface area contributed by atoms with Crippen LogP contribution in [0.5, 0.6) is 11.5 Å². The van der Waals surface area contributed by atoms with Crippen LogP contribution >= 0.6 is 15.9 Å². The average molecular weight is 376 g/mol. The zero-order valence-corrected chi connectivity index (χ0v) is 14.1. The van der Waals surface area contributed by atoms with E-state index in [0.717, 1.165) is 9.86 Å². The summed E-state index contributed by atoms with van der Waals surface area (Å²) >= 11 is 3.44. The van der Waals surface area contributed by atoms with Crippen LogP contribution < -0.4 is 14.8 Å². The second kappa shape index (κ2) is 6.34. The van der Waals surface area contributed by atoms with Crippen LogP contribution in [0.3, 0.4) is 0 Å². The molecule has 0 atom stereocenters. The molecular weight excluding hydrogens is 362 g/mol. The van der Waals surface area contributed by atoms with Gasteiger partial charge >= 0.3 is 0 Å². The minimum Gasteiger partial charge on any atom is -0.493 e. The van der Waals surface area contributed by atoms with E-state index in [-0.39, 0.29) is 11.7 Å². The fraction of sp³-hybridized carbons (Fsp3) is 0.118. The maximum Gasteiger partial charge on any atom is 0.291 e. The van der Waals surface area contributed by atoms with Gasteiger partial charge in [-0.25, -0.2) is 0 Å². The summed E-state index contributed by atoms with van der Waals surface area (Å²) < 4.78 is 16.9. The summed E-state index contributed by atoms with van der Waals surface area (Å²) in [4.78, 5) is 12.4. The molecule has 0 saturated heterocycles. The number of ether oxygens (including phenoxy) is 2. The van der Waals surface area contributed by atoms with Gasteiger partial charge in [0.1, 0.15) is 5.58 Å². The minimum atomic E-state index is -0.333. The number of fused-ring (bicyclic) bond motifs is 1.